The SMILES string of the molecule is Cc1nc(C(C)NC(c2ccccc2)C(C)C)cs1. The molecule has 0 bridgehead atoms. The van der Waals surface area contributed by atoms with Gasteiger partial charge in [-0.25, -0.2) is 4.98 Å². The zero-order valence-corrected chi connectivity index (χ0v) is 12.9. The first-order chi connectivity index (χ1) is 9.08. The number of aromatic nitrogens is 1. The van der Waals surface area contributed by atoms with Crippen molar-refractivity contribution in [1.29, 1.82) is 0 Å². The molecule has 0 radical (unpaired) electrons. The van der Waals surface area contributed by atoms with E-state index in [0.717, 1.165) is 10.7 Å². The van der Waals surface area contributed by atoms with Crippen LogP contribution in [0.25, 0.3) is 0 Å². The highest BCUT2D eigenvalue weighted by molar-refractivity contribution is 7.09. The van der Waals surface area contributed by atoms with Crippen molar-refractivity contribution in [1.82, 2.24) is 10.3 Å². The van der Waals surface area contributed by atoms with E-state index in [-0.39, 0.29) is 6.04 Å². The molecular weight excluding hydrogens is 252 g/mol. The maximum absolute atomic E-state index is 4.57. The van der Waals surface area contributed by atoms with Crippen molar-refractivity contribution < 1.29 is 0 Å². The second-order valence-corrected chi connectivity index (χ2v) is 6.37. The van der Waals surface area contributed by atoms with Gasteiger partial charge in [0, 0.05) is 17.5 Å². The molecule has 0 spiro atoms. The highest BCUT2D eigenvalue weighted by atomic mass is 32.1. The van der Waals surface area contributed by atoms with E-state index in [9.17, 15) is 0 Å². The van der Waals surface area contributed by atoms with Crippen LogP contribution < -0.4 is 5.32 Å². The lowest BCUT2D eigenvalue weighted by Gasteiger charge is -2.26. The molecule has 0 saturated heterocycles. The van der Waals surface area contributed by atoms with Gasteiger partial charge in [0.05, 0.1) is 10.7 Å². The van der Waals surface area contributed by atoms with Gasteiger partial charge in [0.15, 0.2) is 0 Å². The van der Waals surface area contributed by atoms with Crippen molar-refractivity contribution in [2.24, 2.45) is 5.92 Å². The highest BCUT2D eigenvalue weighted by Gasteiger charge is 2.19. The summed E-state index contributed by atoms with van der Waals surface area (Å²) in [4.78, 5) is 4.57. The van der Waals surface area contributed by atoms with Crippen LogP contribution in [-0.2, 0) is 0 Å². The molecule has 0 fully saturated rings. The van der Waals surface area contributed by atoms with Crippen LogP contribution in [0.3, 0.4) is 0 Å². The van der Waals surface area contributed by atoms with E-state index in [0.29, 0.717) is 12.0 Å². The zero-order chi connectivity index (χ0) is 13.8. The Bertz CT molecular complexity index is 504. The molecule has 1 N–H and O–H groups in total. The van der Waals surface area contributed by atoms with E-state index in [1.807, 2.05) is 0 Å². The minimum atomic E-state index is 0.276. The van der Waals surface area contributed by atoms with E-state index >= 15 is 0 Å². The van der Waals surface area contributed by atoms with Crippen LogP contribution in [0.5, 0.6) is 0 Å². The Labute approximate surface area is 119 Å². The second-order valence-electron chi connectivity index (χ2n) is 5.31. The summed E-state index contributed by atoms with van der Waals surface area (Å²) < 4.78 is 0. The molecule has 1 heterocycles. The lowest BCUT2D eigenvalue weighted by molar-refractivity contribution is 0.371. The van der Waals surface area contributed by atoms with Gasteiger partial charge in [-0.05, 0) is 25.3 Å². The lowest BCUT2D eigenvalue weighted by Crippen LogP contribution is -2.28. The van der Waals surface area contributed by atoms with Gasteiger partial charge in [-0.3, -0.25) is 0 Å². The van der Waals surface area contributed by atoms with E-state index in [2.05, 4.69) is 73.7 Å². The van der Waals surface area contributed by atoms with E-state index in [1.54, 1.807) is 11.3 Å². The quantitative estimate of drug-likeness (QED) is 0.868. The molecule has 2 aromatic rings. The van der Waals surface area contributed by atoms with Gasteiger partial charge in [0.1, 0.15) is 0 Å². The molecule has 19 heavy (non-hydrogen) atoms. The first kappa shape index (κ1) is 14.2. The predicted octanol–water partition coefficient (Wildman–Crippen LogP) is 4.50. The highest BCUT2D eigenvalue weighted by Crippen LogP contribution is 2.26. The minimum Gasteiger partial charge on any atom is -0.302 e. The monoisotopic (exact) mass is 274 g/mol. The van der Waals surface area contributed by atoms with E-state index < -0.39 is 0 Å². The van der Waals surface area contributed by atoms with Gasteiger partial charge in [-0.1, -0.05) is 44.2 Å². The number of benzene rings is 1. The van der Waals surface area contributed by atoms with Gasteiger partial charge < -0.3 is 5.32 Å². The molecule has 2 atom stereocenters. The molecule has 102 valence electrons. The summed E-state index contributed by atoms with van der Waals surface area (Å²) >= 11 is 1.71. The average Bonchev–Trinajstić information content (AvgIpc) is 2.83. The molecule has 2 unspecified atom stereocenters. The fourth-order valence-corrected chi connectivity index (χ4v) is 2.97. The van der Waals surface area contributed by atoms with E-state index in [1.165, 1.54) is 5.56 Å². The fourth-order valence-electron chi connectivity index (χ4n) is 2.27. The standard InChI is InChI=1S/C16H22N2S/c1-11(2)16(14-8-6-5-7-9-14)17-12(3)15-10-19-13(4)18-15/h5-12,16-17H,1-4H3. The topological polar surface area (TPSA) is 24.9 Å². The molecular formula is C16H22N2S. The molecule has 0 aliphatic rings. The fraction of sp³-hybridized carbons (Fsp3) is 0.438. The summed E-state index contributed by atoms with van der Waals surface area (Å²) in [5.74, 6) is 0.546. The number of rotatable bonds is 5. The van der Waals surface area contributed by atoms with Gasteiger partial charge in [0.25, 0.3) is 0 Å². The van der Waals surface area contributed by atoms with Crippen molar-refractivity contribution in [3.63, 3.8) is 0 Å². The number of nitrogens with one attached hydrogen (secondary N) is 1. The molecule has 1 aromatic carbocycles. The van der Waals surface area contributed by atoms with Crippen molar-refractivity contribution in [2.75, 3.05) is 0 Å². The van der Waals surface area contributed by atoms with Crippen LogP contribution >= 0.6 is 11.3 Å². The van der Waals surface area contributed by atoms with Crippen LogP contribution in [0.15, 0.2) is 35.7 Å². The van der Waals surface area contributed by atoms with Crippen LogP contribution in [0.1, 0.15) is 49.1 Å². The van der Waals surface area contributed by atoms with Gasteiger partial charge in [-0.15, -0.1) is 11.3 Å². The Morgan fingerprint density at radius 2 is 1.79 bits per heavy atom. The summed E-state index contributed by atoms with van der Waals surface area (Å²) in [7, 11) is 0. The number of nitrogens with zero attached hydrogens (tertiary/aromatic N) is 1. The average molecular weight is 274 g/mol. The normalized spacial score (nSPS) is 14.6. The predicted molar refractivity (Wildman–Crippen MR) is 82.4 cm³/mol. The molecule has 0 amide bonds. The van der Waals surface area contributed by atoms with Gasteiger partial charge in [0.2, 0.25) is 0 Å². The number of hydrogen-bond acceptors (Lipinski definition) is 3. The Morgan fingerprint density at radius 3 is 2.32 bits per heavy atom. The Hall–Kier alpha value is -1.19. The smallest absolute Gasteiger partial charge is 0.0898 e. The van der Waals surface area contributed by atoms with Crippen molar-refractivity contribution in [2.45, 2.75) is 39.8 Å². The van der Waals surface area contributed by atoms with Gasteiger partial charge in [-0.2, -0.15) is 0 Å². The molecule has 1 aromatic heterocycles. The van der Waals surface area contributed by atoms with Crippen LogP contribution in [0, 0.1) is 12.8 Å². The lowest BCUT2D eigenvalue weighted by atomic mass is 9.95. The van der Waals surface area contributed by atoms with Crippen molar-refractivity contribution in [3.8, 4) is 0 Å². The third-order valence-electron chi connectivity index (χ3n) is 3.34. The number of aryl methyl sites for hydroxylation is 1. The summed E-state index contributed by atoms with van der Waals surface area (Å²) in [6.07, 6.45) is 0. The summed E-state index contributed by atoms with van der Waals surface area (Å²) in [5, 5.41) is 6.98. The third kappa shape index (κ3) is 3.64. The van der Waals surface area contributed by atoms with E-state index in [4.69, 9.17) is 0 Å². The molecule has 0 aliphatic heterocycles. The maximum Gasteiger partial charge on any atom is 0.0898 e. The first-order valence-electron chi connectivity index (χ1n) is 6.81. The Morgan fingerprint density at radius 1 is 1.11 bits per heavy atom. The molecule has 0 aliphatic carbocycles. The van der Waals surface area contributed by atoms with Gasteiger partial charge >= 0.3 is 0 Å². The Balaban J connectivity index is 2.13. The zero-order valence-electron chi connectivity index (χ0n) is 12.1. The largest absolute Gasteiger partial charge is 0.302 e. The first-order valence-corrected chi connectivity index (χ1v) is 7.69. The summed E-state index contributed by atoms with van der Waals surface area (Å²) in [6, 6.07) is 11.3. The molecule has 3 heteroatoms. The minimum absolute atomic E-state index is 0.276. The maximum atomic E-state index is 4.57. The van der Waals surface area contributed by atoms with Crippen molar-refractivity contribution in [3.05, 3.63) is 52.0 Å². The molecule has 0 saturated carbocycles. The van der Waals surface area contributed by atoms with Crippen molar-refractivity contribution >= 4 is 11.3 Å². The summed E-state index contributed by atoms with van der Waals surface area (Å²) in [5.41, 5.74) is 2.49. The Kier molecular flexibility index (Phi) is 4.72. The number of hydrogen-bond donors (Lipinski definition) is 1. The van der Waals surface area contributed by atoms with Crippen LogP contribution in [-0.4, -0.2) is 4.98 Å². The number of thiazole rings is 1. The van der Waals surface area contributed by atoms with Crippen LogP contribution in [0.2, 0.25) is 0 Å². The summed E-state index contributed by atoms with van der Waals surface area (Å²) in [6.45, 7) is 8.75. The molecule has 2 nitrogen and oxygen atoms in total. The van der Waals surface area contributed by atoms with Crippen LogP contribution in [0.4, 0.5) is 0 Å². The third-order valence-corrected chi connectivity index (χ3v) is 4.13. The second kappa shape index (κ2) is 6.31. The molecule has 2 rings (SSSR count).